The molecular weight excluding hydrogens is 158 g/mol. The maximum absolute atomic E-state index is 11.4. The van der Waals surface area contributed by atoms with Gasteiger partial charge in [0.25, 0.3) is 0 Å². The number of hydrogen-bond acceptors (Lipinski definition) is 2. The Balaban J connectivity index is 2.39. The van der Waals surface area contributed by atoms with Gasteiger partial charge in [-0.2, -0.15) is 11.8 Å². The molecule has 0 aromatic carbocycles. The minimum absolute atomic E-state index is 0.295. The van der Waals surface area contributed by atoms with Crippen LogP contribution in [0, 0.1) is 5.92 Å². The molecule has 0 aromatic rings. The molecule has 0 saturated carbocycles. The smallest absolute Gasteiger partial charge is 0.225 e. The van der Waals surface area contributed by atoms with Gasteiger partial charge in [0.05, 0.1) is 0 Å². The van der Waals surface area contributed by atoms with Gasteiger partial charge < -0.3 is 4.90 Å². The van der Waals surface area contributed by atoms with Crippen molar-refractivity contribution in [3.8, 4) is 0 Å². The maximum atomic E-state index is 11.4. The van der Waals surface area contributed by atoms with E-state index in [0.29, 0.717) is 11.8 Å². The molecule has 0 bridgehead atoms. The van der Waals surface area contributed by atoms with Crippen LogP contribution in [0.5, 0.6) is 0 Å². The number of thioether (sulfide) groups is 1. The van der Waals surface area contributed by atoms with Crippen LogP contribution < -0.4 is 0 Å². The fraction of sp³-hybridized carbons (Fsp3) is 0.875. The molecule has 1 saturated heterocycles. The second kappa shape index (κ2) is 4.00. The highest BCUT2D eigenvalue weighted by Gasteiger charge is 2.22. The van der Waals surface area contributed by atoms with Crippen LogP contribution in [0.25, 0.3) is 0 Å². The summed E-state index contributed by atoms with van der Waals surface area (Å²) >= 11 is 1.90. The summed E-state index contributed by atoms with van der Waals surface area (Å²) in [5.41, 5.74) is 0. The Hall–Kier alpha value is -0.180. The molecule has 1 fully saturated rings. The van der Waals surface area contributed by atoms with Crippen LogP contribution in [0.15, 0.2) is 0 Å². The van der Waals surface area contributed by atoms with Gasteiger partial charge in [0.15, 0.2) is 0 Å². The molecule has 0 aromatic heterocycles. The van der Waals surface area contributed by atoms with E-state index >= 15 is 0 Å². The average Bonchev–Trinajstić information content (AvgIpc) is 2.05. The quantitative estimate of drug-likeness (QED) is 0.594. The molecule has 64 valence electrons. The third-order valence-corrected chi connectivity index (χ3v) is 3.17. The number of carbonyl (C=O) groups is 1. The highest BCUT2D eigenvalue weighted by Crippen LogP contribution is 2.23. The van der Waals surface area contributed by atoms with Crippen molar-refractivity contribution in [1.29, 1.82) is 0 Å². The predicted octanol–water partition coefficient (Wildman–Crippen LogP) is 1.22. The van der Waals surface area contributed by atoms with Gasteiger partial charge >= 0.3 is 0 Å². The van der Waals surface area contributed by atoms with Crippen LogP contribution in [0.4, 0.5) is 0 Å². The van der Waals surface area contributed by atoms with Crippen LogP contribution in [0.1, 0.15) is 12.8 Å². The molecule has 0 N–H and O–H groups in total. The van der Waals surface area contributed by atoms with Crippen molar-refractivity contribution in [2.24, 2.45) is 5.92 Å². The number of hydrogen-bond donors (Lipinski definition) is 0. The lowest BCUT2D eigenvalue weighted by atomic mass is 10.0. The zero-order chi connectivity index (χ0) is 8.27. The van der Waals surface area contributed by atoms with Gasteiger partial charge in [-0.25, -0.2) is 0 Å². The maximum Gasteiger partial charge on any atom is 0.225 e. The third-order valence-electron chi connectivity index (χ3n) is 1.95. The molecule has 1 atom stereocenters. The summed E-state index contributed by atoms with van der Waals surface area (Å²) in [4.78, 5) is 13.1. The van der Waals surface area contributed by atoms with Crippen molar-refractivity contribution in [3.05, 3.63) is 0 Å². The molecule has 11 heavy (non-hydrogen) atoms. The number of rotatable bonds is 1. The first kappa shape index (κ1) is 8.91. The van der Waals surface area contributed by atoms with E-state index in [0.717, 1.165) is 12.2 Å². The standard InChI is InChI=1S/C8H15NOS/c1-9(2)8(10)7-4-3-5-11-6-7/h7H,3-6H2,1-2H3. The molecule has 2 nitrogen and oxygen atoms in total. The Morgan fingerprint density at radius 3 is 2.73 bits per heavy atom. The van der Waals surface area contributed by atoms with Crippen LogP contribution in [-0.4, -0.2) is 36.4 Å². The fourth-order valence-electron chi connectivity index (χ4n) is 1.30. The molecule has 0 aliphatic carbocycles. The molecule has 1 amide bonds. The lowest BCUT2D eigenvalue weighted by Crippen LogP contribution is -2.32. The Bertz CT molecular complexity index is 141. The largest absolute Gasteiger partial charge is 0.349 e. The summed E-state index contributed by atoms with van der Waals surface area (Å²) in [5.74, 6) is 2.86. The Morgan fingerprint density at radius 1 is 1.55 bits per heavy atom. The first-order valence-corrected chi connectivity index (χ1v) is 5.16. The zero-order valence-electron chi connectivity index (χ0n) is 7.17. The van der Waals surface area contributed by atoms with Gasteiger partial charge in [-0.3, -0.25) is 4.79 Å². The van der Waals surface area contributed by atoms with Crippen LogP contribution in [0.2, 0.25) is 0 Å². The van der Waals surface area contributed by atoms with Gasteiger partial charge in [0, 0.05) is 25.8 Å². The van der Waals surface area contributed by atoms with Gasteiger partial charge in [0.1, 0.15) is 0 Å². The Labute approximate surface area is 72.3 Å². The highest BCUT2D eigenvalue weighted by atomic mass is 32.2. The van der Waals surface area contributed by atoms with Crippen LogP contribution in [-0.2, 0) is 4.79 Å². The van der Waals surface area contributed by atoms with E-state index < -0.39 is 0 Å². The molecule has 3 heteroatoms. The number of nitrogens with zero attached hydrogens (tertiary/aromatic N) is 1. The van der Waals surface area contributed by atoms with Gasteiger partial charge in [-0.05, 0) is 18.6 Å². The monoisotopic (exact) mass is 173 g/mol. The third kappa shape index (κ3) is 2.40. The molecule has 0 radical (unpaired) electrons. The van der Waals surface area contributed by atoms with E-state index in [1.165, 1.54) is 12.2 Å². The SMILES string of the molecule is CN(C)C(=O)C1CCCSC1. The van der Waals surface area contributed by atoms with Gasteiger partial charge in [-0.15, -0.1) is 0 Å². The first-order chi connectivity index (χ1) is 5.22. The van der Waals surface area contributed by atoms with Crippen molar-refractivity contribution in [1.82, 2.24) is 4.90 Å². The van der Waals surface area contributed by atoms with E-state index in [4.69, 9.17) is 0 Å². The second-order valence-electron chi connectivity index (χ2n) is 3.15. The Kier molecular flexibility index (Phi) is 3.24. The van der Waals surface area contributed by atoms with E-state index in [-0.39, 0.29) is 0 Å². The highest BCUT2D eigenvalue weighted by molar-refractivity contribution is 7.99. The lowest BCUT2D eigenvalue weighted by Gasteiger charge is -2.23. The van der Waals surface area contributed by atoms with Crippen molar-refractivity contribution in [3.63, 3.8) is 0 Å². The summed E-state index contributed by atoms with van der Waals surface area (Å²) in [6, 6.07) is 0. The van der Waals surface area contributed by atoms with E-state index in [2.05, 4.69) is 0 Å². The van der Waals surface area contributed by atoms with Gasteiger partial charge in [0.2, 0.25) is 5.91 Å². The fourth-order valence-corrected chi connectivity index (χ4v) is 2.43. The molecule has 1 rings (SSSR count). The summed E-state index contributed by atoms with van der Waals surface area (Å²) < 4.78 is 0. The van der Waals surface area contributed by atoms with Crippen LogP contribution >= 0.6 is 11.8 Å². The second-order valence-corrected chi connectivity index (χ2v) is 4.30. The van der Waals surface area contributed by atoms with Crippen molar-refractivity contribution < 1.29 is 4.79 Å². The molecule has 1 aliphatic rings. The zero-order valence-corrected chi connectivity index (χ0v) is 7.99. The van der Waals surface area contributed by atoms with Crippen molar-refractivity contribution in [2.45, 2.75) is 12.8 Å². The predicted molar refractivity (Wildman–Crippen MR) is 48.7 cm³/mol. The van der Waals surface area contributed by atoms with Crippen LogP contribution in [0.3, 0.4) is 0 Å². The van der Waals surface area contributed by atoms with Crippen molar-refractivity contribution >= 4 is 17.7 Å². The summed E-state index contributed by atoms with van der Waals surface area (Å²) in [6.45, 7) is 0. The minimum atomic E-state index is 0.295. The molecule has 1 heterocycles. The number of carbonyl (C=O) groups excluding carboxylic acids is 1. The molecule has 1 aliphatic heterocycles. The summed E-state index contributed by atoms with van der Waals surface area (Å²) in [5, 5.41) is 0. The van der Waals surface area contributed by atoms with E-state index in [1.807, 2.05) is 25.9 Å². The topological polar surface area (TPSA) is 20.3 Å². The lowest BCUT2D eigenvalue weighted by molar-refractivity contribution is -0.132. The molecule has 0 spiro atoms. The van der Waals surface area contributed by atoms with E-state index in [1.54, 1.807) is 4.90 Å². The number of amides is 1. The summed E-state index contributed by atoms with van der Waals surface area (Å²) in [7, 11) is 3.67. The van der Waals surface area contributed by atoms with Gasteiger partial charge in [-0.1, -0.05) is 0 Å². The minimum Gasteiger partial charge on any atom is -0.349 e. The molecular formula is C8H15NOS. The average molecular weight is 173 g/mol. The summed E-state index contributed by atoms with van der Waals surface area (Å²) in [6.07, 6.45) is 2.29. The van der Waals surface area contributed by atoms with E-state index in [9.17, 15) is 4.79 Å². The van der Waals surface area contributed by atoms with Crippen molar-refractivity contribution in [2.75, 3.05) is 25.6 Å². The molecule has 1 unspecified atom stereocenters. The Morgan fingerprint density at radius 2 is 2.27 bits per heavy atom. The first-order valence-electron chi connectivity index (χ1n) is 4.00. The normalized spacial score (nSPS) is 24.7.